The molecule has 1 heterocycles. The summed E-state index contributed by atoms with van der Waals surface area (Å²) in [7, 11) is 0. The summed E-state index contributed by atoms with van der Waals surface area (Å²) in [6.45, 7) is 1.64. The Balaban J connectivity index is 2.21. The number of Topliss-reactive ketones (excluding diaryl/α,β-unsaturated/α-hetero) is 1. The van der Waals surface area contributed by atoms with E-state index in [1.54, 1.807) is 24.9 Å². The molecule has 0 aromatic carbocycles. The first-order chi connectivity index (χ1) is 7.20. The number of nitrogens with zero attached hydrogens (tertiary/aromatic N) is 1. The van der Waals surface area contributed by atoms with Gasteiger partial charge in [-0.3, -0.25) is 0 Å². The first-order valence-electron chi connectivity index (χ1n) is 4.93. The smallest absolute Gasteiger partial charge is 0.129 e. The Labute approximate surface area is 103 Å². The number of aromatic nitrogens is 1. The highest BCUT2D eigenvalue weighted by atomic mass is 79.9. The number of thioether (sulfide) groups is 1. The van der Waals surface area contributed by atoms with Crippen LogP contribution < -0.4 is 0 Å². The van der Waals surface area contributed by atoms with Crippen LogP contribution in [0.15, 0.2) is 27.8 Å². The molecule has 1 rings (SSSR count). The molecule has 0 radical (unpaired) electrons. The Morgan fingerprint density at radius 2 is 2.33 bits per heavy atom. The number of carbonyl (C=O) groups is 1. The van der Waals surface area contributed by atoms with E-state index in [0.717, 1.165) is 28.1 Å². The second-order valence-corrected chi connectivity index (χ2v) is 5.24. The van der Waals surface area contributed by atoms with Gasteiger partial charge in [0.15, 0.2) is 0 Å². The molecule has 4 heteroatoms. The molecular formula is C11H14BrNOS. The standard InChI is InChI=1S/C11H14BrNOS/c1-9(14)5-2-3-8-15-11-10(12)6-4-7-13-11/h4,6-7H,2-3,5,8H2,1H3. The fourth-order valence-corrected chi connectivity index (χ4v) is 2.60. The van der Waals surface area contributed by atoms with Crippen LogP contribution in [0.4, 0.5) is 0 Å². The summed E-state index contributed by atoms with van der Waals surface area (Å²) in [4.78, 5) is 15.0. The van der Waals surface area contributed by atoms with E-state index in [4.69, 9.17) is 0 Å². The number of hydrogen-bond acceptors (Lipinski definition) is 3. The van der Waals surface area contributed by atoms with Crippen molar-refractivity contribution < 1.29 is 4.79 Å². The molecule has 0 fully saturated rings. The fourth-order valence-electron chi connectivity index (χ4n) is 1.12. The fraction of sp³-hybridized carbons (Fsp3) is 0.455. The molecule has 1 aromatic heterocycles. The highest BCUT2D eigenvalue weighted by molar-refractivity contribution is 9.10. The predicted molar refractivity (Wildman–Crippen MR) is 67.2 cm³/mol. The van der Waals surface area contributed by atoms with Crippen molar-refractivity contribution in [2.75, 3.05) is 5.75 Å². The number of ketones is 1. The van der Waals surface area contributed by atoms with Crippen LogP contribution in [-0.4, -0.2) is 16.5 Å². The maximum atomic E-state index is 10.7. The zero-order chi connectivity index (χ0) is 11.1. The maximum absolute atomic E-state index is 10.7. The van der Waals surface area contributed by atoms with Gasteiger partial charge >= 0.3 is 0 Å². The Morgan fingerprint density at radius 3 is 3.00 bits per heavy atom. The lowest BCUT2D eigenvalue weighted by Crippen LogP contribution is -1.90. The minimum atomic E-state index is 0.277. The molecule has 0 spiro atoms. The van der Waals surface area contributed by atoms with Gasteiger partial charge in [0.05, 0.1) is 0 Å². The normalized spacial score (nSPS) is 10.3. The molecular weight excluding hydrogens is 274 g/mol. The highest BCUT2D eigenvalue weighted by Crippen LogP contribution is 2.25. The van der Waals surface area contributed by atoms with Gasteiger partial charge in [0.1, 0.15) is 10.8 Å². The van der Waals surface area contributed by atoms with Gasteiger partial charge in [0.25, 0.3) is 0 Å². The Kier molecular flexibility index (Phi) is 5.95. The van der Waals surface area contributed by atoms with Crippen LogP contribution in [-0.2, 0) is 4.79 Å². The van der Waals surface area contributed by atoms with Gasteiger partial charge in [-0.25, -0.2) is 4.98 Å². The molecule has 0 saturated heterocycles. The lowest BCUT2D eigenvalue weighted by Gasteiger charge is -2.02. The predicted octanol–water partition coefficient (Wildman–Crippen LogP) is 3.70. The molecule has 0 bridgehead atoms. The van der Waals surface area contributed by atoms with E-state index in [9.17, 15) is 4.79 Å². The topological polar surface area (TPSA) is 30.0 Å². The van der Waals surface area contributed by atoms with Crippen molar-refractivity contribution in [2.24, 2.45) is 0 Å². The van der Waals surface area contributed by atoms with Crippen LogP contribution in [0.1, 0.15) is 26.2 Å². The van der Waals surface area contributed by atoms with Gasteiger partial charge < -0.3 is 4.79 Å². The van der Waals surface area contributed by atoms with Gasteiger partial charge in [0, 0.05) is 17.1 Å². The third kappa shape index (κ3) is 5.33. The summed E-state index contributed by atoms with van der Waals surface area (Å²) in [6.07, 6.45) is 4.53. The molecule has 0 saturated carbocycles. The van der Waals surface area contributed by atoms with Crippen LogP contribution in [0, 0.1) is 0 Å². The summed E-state index contributed by atoms with van der Waals surface area (Å²) in [5, 5.41) is 1.03. The molecule has 1 aromatic rings. The van der Waals surface area contributed by atoms with Crippen molar-refractivity contribution in [3.63, 3.8) is 0 Å². The van der Waals surface area contributed by atoms with Crippen LogP contribution in [0.5, 0.6) is 0 Å². The van der Waals surface area contributed by atoms with Crippen LogP contribution in [0.3, 0.4) is 0 Å². The van der Waals surface area contributed by atoms with Crippen molar-refractivity contribution in [3.05, 3.63) is 22.8 Å². The van der Waals surface area contributed by atoms with Gasteiger partial charge in [-0.2, -0.15) is 0 Å². The third-order valence-electron chi connectivity index (χ3n) is 1.89. The van der Waals surface area contributed by atoms with E-state index in [1.807, 2.05) is 12.1 Å². The first-order valence-corrected chi connectivity index (χ1v) is 6.71. The largest absolute Gasteiger partial charge is 0.300 e. The van der Waals surface area contributed by atoms with E-state index in [0.29, 0.717) is 6.42 Å². The minimum absolute atomic E-state index is 0.277. The highest BCUT2D eigenvalue weighted by Gasteiger charge is 2.00. The van der Waals surface area contributed by atoms with Crippen molar-refractivity contribution in [3.8, 4) is 0 Å². The van der Waals surface area contributed by atoms with E-state index in [2.05, 4.69) is 20.9 Å². The third-order valence-corrected chi connectivity index (χ3v) is 3.88. The quantitative estimate of drug-likeness (QED) is 0.590. The summed E-state index contributed by atoms with van der Waals surface area (Å²) >= 11 is 5.18. The summed E-state index contributed by atoms with van der Waals surface area (Å²) < 4.78 is 1.04. The SMILES string of the molecule is CC(=O)CCCCSc1ncccc1Br. The van der Waals surface area contributed by atoms with E-state index in [-0.39, 0.29) is 5.78 Å². The molecule has 0 aliphatic rings. The van der Waals surface area contributed by atoms with Crippen LogP contribution >= 0.6 is 27.7 Å². The molecule has 0 unspecified atom stereocenters. The molecule has 0 aliphatic carbocycles. The van der Waals surface area contributed by atoms with E-state index in [1.165, 1.54) is 0 Å². The average molecular weight is 288 g/mol. The second kappa shape index (κ2) is 7.01. The minimum Gasteiger partial charge on any atom is -0.300 e. The van der Waals surface area contributed by atoms with Crippen molar-refractivity contribution in [1.82, 2.24) is 4.98 Å². The van der Waals surface area contributed by atoms with E-state index >= 15 is 0 Å². The lowest BCUT2D eigenvalue weighted by atomic mass is 10.2. The molecule has 0 atom stereocenters. The number of rotatable bonds is 6. The Bertz CT molecular complexity index is 330. The maximum Gasteiger partial charge on any atom is 0.129 e. The van der Waals surface area contributed by atoms with Gasteiger partial charge in [-0.1, -0.05) is 0 Å². The van der Waals surface area contributed by atoms with Crippen LogP contribution in [0.2, 0.25) is 0 Å². The number of hydrogen-bond donors (Lipinski definition) is 0. The Morgan fingerprint density at radius 1 is 1.53 bits per heavy atom. The number of unbranched alkanes of at least 4 members (excludes halogenated alkanes) is 1. The second-order valence-electron chi connectivity index (χ2n) is 3.30. The van der Waals surface area contributed by atoms with Crippen LogP contribution in [0.25, 0.3) is 0 Å². The van der Waals surface area contributed by atoms with Crippen molar-refractivity contribution in [2.45, 2.75) is 31.2 Å². The summed E-state index contributed by atoms with van der Waals surface area (Å²) in [5.41, 5.74) is 0. The van der Waals surface area contributed by atoms with Gasteiger partial charge in [0.2, 0.25) is 0 Å². The molecule has 82 valence electrons. The molecule has 2 nitrogen and oxygen atoms in total. The first kappa shape index (κ1) is 12.7. The van der Waals surface area contributed by atoms with Crippen molar-refractivity contribution >= 4 is 33.5 Å². The zero-order valence-corrected chi connectivity index (χ0v) is 11.1. The summed E-state index contributed by atoms with van der Waals surface area (Å²) in [5.74, 6) is 1.29. The summed E-state index contributed by atoms with van der Waals surface area (Å²) in [6, 6.07) is 3.90. The number of carbonyl (C=O) groups excluding carboxylic acids is 1. The molecule has 0 aliphatic heterocycles. The molecule has 0 amide bonds. The number of pyridine rings is 1. The zero-order valence-electron chi connectivity index (χ0n) is 8.70. The monoisotopic (exact) mass is 287 g/mol. The van der Waals surface area contributed by atoms with Gasteiger partial charge in [-0.15, -0.1) is 11.8 Å². The van der Waals surface area contributed by atoms with E-state index < -0.39 is 0 Å². The number of halogens is 1. The lowest BCUT2D eigenvalue weighted by molar-refractivity contribution is -0.117. The average Bonchev–Trinajstić information content (AvgIpc) is 2.20. The molecule has 15 heavy (non-hydrogen) atoms. The Hall–Kier alpha value is -0.350. The molecule has 0 N–H and O–H groups in total. The van der Waals surface area contributed by atoms with Crippen molar-refractivity contribution in [1.29, 1.82) is 0 Å². The van der Waals surface area contributed by atoms with Gasteiger partial charge in [-0.05, 0) is 53.6 Å².